The van der Waals surface area contributed by atoms with Crippen molar-refractivity contribution >= 4 is 17.6 Å². The van der Waals surface area contributed by atoms with E-state index >= 15 is 0 Å². The molecule has 2 aromatic carbocycles. The van der Waals surface area contributed by atoms with Gasteiger partial charge in [-0.25, -0.2) is 13.6 Å². The fraction of sp³-hybridized carbons (Fsp3) is 0.263. The Kier molecular flexibility index (Phi) is 4.99. The van der Waals surface area contributed by atoms with Crippen LogP contribution in [0.2, 0.25) is 0 Å². The maximum absolute atomic E-state index is 13.8. The number of hydrogen-bond donors (Lipinski definition) is 2. The number of halogens is 2. The monoisotopic (exact) mass is 361 g/mol. The van der Waals surface area contributed by atoms with Crippen LogP contribution >= 0.6 is 0 Å². The Labute approximate surface area is 148 Å². The number of hydrogen-bond acceptors (Lipinski definition) is 3. The number of carboxylic acid groups (broad SMARTS) is 1. The normalized spacial score (nSPS) is 18.4. The van der Waals surface area contributed by atoms with Gasteiger partial charge in [-0.2, -0.15) is 0 Å². The molecule has 1 amide bonds. The number of anilines is 1. The number of rotatable bonds is 6. The molecule has 1 aliphatic rings. The SMILES string of the molecule is COCc1cc(NC(=O)C2CC2c2ccc(F)cc2F)cc(C(=O)O)c1. The van der Waals surface area contributed by atoms with Gasteiger partial charge in [-0.3, -0.25) is 4.79 Å². The third-order valence-corrected chi connectivity index (χ3v) is 4.31. The van der Waals surface area contributed by atoms with E-state index in [2.05, 4.69) is 5.32 Å². The Morgan fingerprint density at radius 2 is 2.00 bits per heavy atom. The predicted octanol–water partition coefficient (Wildman–Crippen LogP) is 3.55. The molecule has 1 saturated carbocycles. The minimum atomic E-state index is -1.11. The van der Waals surface area contributed by atoms with Crippen molar-refractivity contribution < 1.29 is 28.2 Å². The average molecular weight is 361 g/mol. The van der Waals surface area contributed by atoms with Gasteiger partial charge in [0.05, 0.1) is 12.2 Å². The zero-order valence-corrected chi connectivity index (χ0v) is 14.0. The highest BCUT2D eigenvalue weighted by atomic mass is 19.1. The van der Waals surface area contributed by atoms with Crippen molar-refractivity contribution in [3.63, 3.8) is 0 Å². The molecule has 3 rings (SSSR count). The van der Waals surface area contributed by atoms with Crippen LogP contribution in [-0.2, 0) is 16.1 Å². The van der Waals surface area contributed by atoms with Gasteiger partial charge in [-0.1, -0.05) is 6.07 Å². The molecule has 2 unspecified atom stereocenters. The number of methoxy groups -OCH3 is 1. The number of carbonyl (C=O) groups is 2. The molecule has 0 heterocycles. The van der Waals surface area contributed by atoms with Gasteiger partial charge in [0.15, 0.2) is 0 Å². The minimum absolute atomic E-state index is 0.0341. The fourth-order valence-corrected chi connectivity index (χ4v) is 3.00. The standard InChI is InChI=1S/C19H17F2NO4/c1-26-9-10-4-11(19(24)25)6-13(5-10)22-18(23)16-8-15(16)14-3-2-12(20)7-17(14)21/h2-7,15-16H,8-9H2,1H3,(H,22,23)(H,24,25). The third-order valence-electron chi connectivity index (χ3n) is 4.31. The topological polar surface area (TPSA) is 75.6 Å². The van der Waals surface area contributed by atoms with E-state index in [1.54, 1.807) is 6.07 Å². The highest BCUT2D eigenvalue weighted by Gasteiger charge is 2.45. The molecule has 2 aromatic rings. The maximum Gasteiger partial charge on any atom is 0.335 e. The van der Waals surface area contributed by atoms with E-state index in [-0.39, 0.29) is 24.0 Å². The number of carbonyl (C=O) groups excluding carboxylic acids is 1. The molecule has 2 atom stereocenters. The summed E-state index contributed by atoms with van der Waals surface area (Å²) < 4.78 is 31.8. The Morgan fingerprint density at radius 1 is 1.23 bits per heavy atom. The first kappa shape index (κ1) is 18.0. The van der Waals surface area contributed by atoms with Crippen LogP contribution in [0.25, 0.3) is 0 Å². The van der Waals surface area contributed by atoms with E-state index < -0.39 is 23.5 Å². The molecule has 0 bridgehead atoms. The van der Waals surface area contributed by atoms with E-state index in [9.17, 15) is 23.5 Å². The molecule has 2 N–H and O–H groups in total. The van der Waals surface area contributed by atoms with Crippen LogP contribution in [0.4, 0.5) is 14.5 Å². The van der Waals surface area contributed by atoms with E-state index in [0.29, 0.717) is 23.2 Å². The number of carboxylic acids is 1. The van der Waals surface area contributed by atoms with Crippen LogP contribution < -0.4 is 5.32 Å². The van der Waals surface area contributed by atoms with Crippen molar-refractivity contribution in [3.05, 3.63) is 64.7 Å². The van der Waals surface area contributed by atoms with Crippen LogP contribution in [0, 0.1) is 17.6 Å². The lowest BCUT2D eigenvalue weighted by Gasteiger charge is -2.09. The van der Waals surface area contributed by atoms with Crippen molar-refractivity contribution in [1.29, 1.82) is 0 Å². The zero-order chi connectivity index (χ0) is 18.8. The first-order valence-corrected chi connectivity index (χ1v) is 8.01. The lowest BCUT2D eigenvalue weighted by atomic mass is 10.1. The van der Waals surface area contributed by atoms with Crippen molar-refractivity contribution in [2.24, 2.45) is 5.92 Å². The zero-order valence-electron chi connectivity index (χ0n) is 14.0. The summed E-state index contributed by atoms with van der Waals surface area (Å²) in [5.74, 6) is -3.52. The maximum atomic E-state index is 13.8. The molecule has 0 radical (unpaired) electrons. The Bertz CT molecular complexity index is 869. The summed E-state index contributed by atoms with van der Waals surface area (Å²) in [4.78, 5) is 23.6. The van der Waals surface area contributed by atoms with E-state index in [1.807, 2.05) is 0 Å². The van der Waals surface area contributed by atoms with Crippen LogP contribution in [0.3, 0.4) is 0 Å². The number of nitrogens with one attached hydrogen (secondary N) is 1. The van der Waals surface area contributed by atoms with E-state index in [4.69, 9.17) is 4.74 Å². The van der Waals surface area contributed by atoms with Crippen molar-refractivity contribution in [2.45, 2.75) is 18.9 Å². The lowest BCUT2D eigenvalue weighted by Crippen LogP contribution is -2.15. The van der Waals surface area contributed by atoms with Crippen LogP contribution in [0.15, 0.2) is 36.4 Å². The van der Waals surface area contributed by atoms with Crippen LogP contribution in [-0.4, -0.2) is 24.1 Å². The van der Waals surface area contributed by atoms with Gasteiger partial charge in [0.2, 0.25) is 5.91 Å². The Balaban J connectivity index is 1.73. The van der Waals surface area contributed by atoms with Crippen molar-refractivity contribution in [1.82, 2.24) is 0 Å². The van der Waals surface area contributed by atoms with Gasteiger partial charge in [0.25, 0.3) is 0 Å². The van der Waals surface area contributed by atoms with Crippen LogP contribution in [0.5, 0.6) is 0 Å². The second kappa shape index (κ2) is 7.21. The predicted molar refractivity (Wildman–Crippen MR) is 90.0 cm³/mol. The van der Waals surface area contributed by atoms with Crippen molar-refractivity contribution in [2.75, 3.05) is 12.4 Å². The molecule has 7 heteroatoms. The summed E-state index contributed by atoms with van der Waals surface area (Å²) in [5.41, 5.74) is 1.30. The first-order valence-electron chi connectivity index (χ1n) is 8.01. The molecule has 5 nitrogen and oxygen atoms in total. The highest BCUT2D eigenvalue weighted by molar-refractivity contribution is 5.97. The summed E-state index contributed by atoms with van der Waals surface area (Å²) in [7, 11) is 1.48. The van der Waals surface area contributed by atoms with Gasteiger partial charge in [0, 0.05) is 24.8 Å². The average Bonchev–Trinajstić information content (AvgIpc) is 3.35. The summed E-state index contributed by atoms with van der Waals surface area (Å²) in [6.07, 6.45) is 0.456. The third kappa shape index (κ3) is 3.88. The summed E-state index contributed by atoms with van der Waals surface area (Å²) in [6.45, 7) is 0.205. The van der Waals surface area contributed by atoms with E-state index in [0.717, 1.165) is 6.07 Å². The molecular formula is C19H17F2NO4. The van der Waals surface area contributed by atoms with Gasteiger partial charge >= 0.3 is 5.97 Å². The summed E-state index contributed by atoms with van der Waals surface area (Å²) in [6, 6.07) is 7.77. The van der Waals surface area contributed by atoms with Gasteiger partial charge < -0.3 is 15.2 Å². The first-order chi connectivity index (χ1) is 12.4. The number of aromatic carboxylic acids is 1. The molecule has 0 saturated heterocycles. The second-order valence-corrected chi connectivity index (χ2v) is 6.26. The smallest absolute Gasteiger partial charge is 0.335 e. The number of benzene rings is 2. The summed E-state index contributed by atoms with van der Waals surface area (Å²) in [5, 5.41) is 11.8. The molecule has 1 aliphatic carbocycles. The molecule has 0 spiro atoms. The van der Waals surface area contributed by atoms with Gasteiger partial charge in [-0.15, -0.1) is 0 Å². The lowest BCUT2D eigenvalue weighted by molar-refractivity contribution is -0.117. The molecule has 26 heavy (non-hydrogen) atoms. The molecular weight excluding hydrogens is 344 g/mol. The number of amides is 1. The molecule has 136 valence electrons. The number of ether oxygens (including phenoxy) is 1. The Morgan fingerprint density at radius 3 is 2.65 bits per heavy atom. The van der Waals surface area contributed by atoms with Crippen LogP contribution in [0.1, 0.15) is 33.8 Å². The van der Waals surface area contributed by atoms with Gasteiger partial charge in [-0.05, 0) is 47.7 Å². The fourth-order valence-electron chi connectivity index (χ4n) is 3.00. The van der Waals surface area contributed by atoms with Gasteiger partial charge in [0.1, 0.15) is 11.6 Å². The van der Waals surface area contributed by atoms with Crippen molar-refractivity contribution in [3.8, 4) is 0 Å². The molecule has 1 fully saturated rings. The molecule has 0 aromatic heterocycles. The van der Waals surface area contributed by atoms with E-state index in [1.165, 1.54) is 31.4 Å². The quantitative estimate of drug-likeness (QED) is 0.825. The molecule has 0 aliphatic heterocycles. The summed E-state index contributed by atoms with van der Waals surface area (Å²) >= 11 is 0. The largest absolute Gasteiger partial charge is 0.478 e. The second-order valence-electron chi connectivity index (χ2n) is 6.26. The highest BCUT2D eigenvalue weighted by Crippen LogP contribution is 2.48. The minimum Gasteiger partial charge on any atom is -0.478 e. The Hall–Kier alpha value is -2.80.